The summed E-state index contributed by atoms with van der Waals surface area (Å²) in [5, 5.41) is 0. The number of nitrogens with one attached hydrogen (secondary N) is 1. The first-order valence-electron chi connectivity index (χ1n) is 5.03. The molecular weight excluding hydrogens is 215 g/mol. The monoisotopic (exact) mass is 228 g/mol. The summed E-state index contributed by atoms with van der Waals surface area (Å²) >= 11 is 0. The van der Waals surface area contributed by atoms with Crippen molar-refractivity contribution in [3.05, 3.63) is 12.0 Å². The van der Waals surface area contributed by atoms with E-state index in [0.717, 1.165) is 19.0 Å². The Hall–Kier alpha value is -1.47. The van der Waals surface area contributed by atoms with Gasteiger partial charge in [-0.05, 0) is 0 Å². The number of hydrogen-bond donors (Lipinski definition) is 2. The van der Waals surface area contributed by atoms with E-state index in [0.29, 0.717) is 13.2 Å². The topological polar surface area (TPSA) is 82.3 Å². The predicted molar refractivity (Wildman–Crippen MR) is 54.3 cm³/mol. The van der Waals surface area contributed by atoms with Crippen molar-refractivity contribution in [2.75, 3.05) is 18.6 Å². The van der Waals surface area contributed by atoms with Gasteiger partial charge in [0.05, 0.1) is 19.4 Å². The third-order valence-corrected chi connectivity index (χ3v) is 2.29. The first kappa shape index (κ1) is 11.0. The molecule has 3 N–H and O–H groups in total. The van der Waals surface area contributed by atoms with Gasteiger partial charge >= 0.3 is 0 Å². The molecule has 1 aromatic rings. The van der Waals surface area contributed by atoms with Gasteiger partial charge in [0.25, 0.3) is 5.88 Å². The standard InChI is InChI=1S/C9H13FN4O2/c10-7-5-12-9(14-11)13-8(7)16-6-1-3-15-4-2-6/h5-6H,1-4,11H2,(H,12,13,14). The highest BCUT2D eigenvalue weighted by molar-refractivity contribution is 5.26. The van der Waals surface area contributed by atoms with Gasteiger partial charge in [-0.1, -0.05) is 0 Å². The number of anilines is 1. The molecule has 7 heteroatoms. The third-order valence-electron chi connectivity index (χ3n) is 2.29. The molecule has 6 nitrogen and oxygen atoms in total. The Morgan fingerprint density at radius 3 is 2.94 bits per heavy atom. The maximum Gasteiger partial charge on any atom is 0.255 e. The van der Waals surface area contributed by atoms with Crippen LogP contribution in [0.5, 0.6) is 5.88 Å². The predicted octanol–water partition coefficient (Wildman–Crippen LogP) is 0.459. The number of hydrazine groups is 1. The quantitative estimate of drug-likeness (QED) is 0.577. The van der Waals surface area contributed by atoms with Crippen LogP contribution in [-0.4, -0.2) is 29.3 Å². The first-order chi connectivity index (χ1) is 7.79. The number of nitrogens with two attached hydrogens (primary N) is 1. The zero-order chi connectivity index (χ0) is 11.4. The minimum absolute atomic E-state index is 0.0659. The van der Waals surface area contributed by atoms with E-state index in [-0.39, 0.29) is 17.9 Å². The van der Waals surface area contributed by atoms with E-state index in [1.165, 1.54) is 0 Å². The molecule has 16 heavy (non-hydrogen) atoms. The molecule has 2 heterocycles. The third kappa shape index (κ3) is 2.56. The molecule has 1 aliphatic rings. The van der Waals surface area contributed by atoms with Gasteiger partial charge in [0.1, 0.15) is 6.10 Å². The van der Waals surface area contributed by atoms with Crippen LogP contribution >= 0.6 is 0 Å². The van der Waals surface area contributed by atoms with Crippen molar-refractivity contribution >= 4 is 5.95 Å². The molecule has 0 atom stereocenters. The normalized spacial score (nSPS) is 17.1. The average Bonchev–Trinajstić information content (AvgIpc) is 2.33. The SMILES string of the molecule is NNc1ncc(F)c(OC2CCOCC2)n1. The van der Waals surface area contributed by atoms with Gasteiger partial charge in [0, 0.05) is 12.8 Å². The Morgan fingerprint density at radius 1 is 1.50 bits per heavy atom. The van der Waals surface area contributed by atoms with Crippen LogP contribution in [0.15, 0.2) is 6.20 Å². The molecule has 0 radical (unpaired) electrons. The average molecular weight is 228 g/mol. The van der Waals surface area contributed by atoms with Gasteiger partial charge in [-0.2, -0.15) is 9.37 Å². The number of halogens is 1. The Morgan fingerprint density at radius 2 is 2.25 bits per heavy atom. The van der Waals surface area contributed by atoms with E-state index in [9.17, 15) is 4.39 Å². The fraction of sp³-hybridized carbons (Fsp3) is 0.556. The lowest BCUT2D eigenvalue weighted by Crippen LogP contribution is -2.26. The van der Waals surface area contributed by atoms with Crippen LogP contribution in [0.3, 0.4) is 0 Å². The van der Waals surface area contributed by atoms with Crippen LogP contribution in [0.2, 0.25) is 0 Å². The molecule has 0 spiro atoms. The van der Waals surface area contributed by atoms with E-state index in [1.807, 2.05) is 0 Å². The van der Waals surface area contributed by atoms with E-state index in [4.69, 9.17) is 15.3 Å². The van der Waals surface area contributed by atoms with Crippen molar-refractivity contribution in [2.45, 2.75) is 18.9 Å². The summed E-state index contributed by atoms with van der Waals surface area (Å²) in [7, 11) is 0. The molecule has 1 aromatic heterocycles. The zero-order valence-corrected chi connectivity index (χ0v) is 8.65. The van der Waals surface area contributed by atoms with Gasteiger partial charge in [0.15, 0.2) is 0 Å². The van der Waals surface area contributed by atoms with E-state index < -0.39 is 5.82 Å². The molecule has 0 amide bonds. The highest BCUT2D eigenvalue weighted by atomic mass is 19.1. The largest absolute Gasteiger partial charge is 0.472 e. The molecule has 0 unspecified atom stereocenters. The van der Waals surface area contributed by atoms with Gasteiger partial charge < -0.3 is 9.47 Å². The maximum atomic E-state index is 13.3. The first-order valence-corrected chi connectivity index (χ1v) is 5.03. The molecule has 0 aromatic carbocycles. The molecular formula is C9H13FN4O2. The molecule has 2 rings (SSSR count). The van der Waals surface area contributed by atoms with E-state index in [2.05, 4.69) is 15.4 Å². The van der Waals surface area contributed by atoms with Crippen LogP contribution < -0.4 is 16.0 Å². The van der Waals surface area contributed by atoms with Crippen molar-refractivity contribution < 1.29 is 13.9 Å². The highest BCUT2D eigenvalue weighted by Crippen LogP contribution is 2.19. The molecule has 1 aliphatic heterocycles. The van der Waals surface area contributed by atoms with Crippen molar-refractivity contribution in [1.82, 2.24) is 9.97 Å². The molecule has 1 fully saturated rings. The van der Waals surface area contributed by atoms with Gasteiger partial charge in [-0.25, -0.2) is 10.8 Å². The number of nitrogen functional groups attached to an aromatic ring is 1. The fourth-order valence-electron chi connectivity index (χ4n) is 1.46. The van der Waals surface area contributed by atoms with E-state index in [1.54, 1.807) is 0 Å². The second kappa shape index (κ2) is 5.04. The smallest absolute Gasteiger partial charge is 0.255 e. The second-order valence-electron chi connectivity index (χ2n) is 3.42. The molecule has 0 aliphatic carbocycles. The summed E-state index contributed by atoms with van der Waals surface area (Å²) in [5.41, 5.74) is 2.24. The van der Waals surface area contributed by atoms with Crippen LogP contribution in [0.1, 0.15) is 12.8 Å². The second-order valence-corrected chi connectivity index (χ2v) is 3.42. The Labute approximate surface area is 91.9 Å². The highest BCUT2D eigenvalue weighted by Gasteiger charge is 2.18. The van der Waals surface area contributed by atoms with Crippen molar-refractivity contribution in [3.8, 4) is 5.88 Å². The molecule has 0 saturated carbocycles. The number of hydrogen-bond acceptors (Lipinski definition) is 6. The maximum absolute atomic E-state index is 13.3. The lowest BCUT2D eigenvalue weighted by Gasteiger charge is -2.22. The van der Waals surface area contributed by atoms with Crippen LogP contribution in [0.4, 0.5) is 10.3 Å². The van der Waals surface area contributed by atoms with Gasteiger partial charge in [-0.15, -0.1) is 0 Å². The van der Waals surface area contributed by atoms with Crippen LogP contribution in [0.25, 0.3) is 0 Å². The van der Waals surface area contributed by atoms with Crippen LogP contribution in [-0.2, 0) is 4.74 Å². The van der Waals surface area contributed by atoms with Gasteiger partial charge in [0.2, 0.25) is 11.8 Å². The summed E-state index contributed by atoms with van der Waals surface area (Å²) < 4.78 is 23.9. The fourth-order valence-corrected chi connectivity index (χ4v) is 1.46. The number of rotatable bonds is 3. The number of nitrogens with zero attached hydrogens (tertiary/aromatic N) is 2. The molecule has 88 valence electrons. The Bertz CT molecular complexity index is 357. The van der Waals surface area contributed by atoms with Crippen molar-refractivity contribution in [3.63, 3.8) is 0 Å². The molecule has 1 saturated heterocycles. The summed E-state index contributed by atoms with van der Waals surface area (Å²) in [6.45, 7) is 1.25. The zero-order valence-electron chi connectivity index (χ0n) is 8.65. The van der Waals surface area contributed by atoms with Crippen LogP contribution in [0, 0.1) is 5.82 Å². The molecule has 0 bridgehead atoms. The Balaban J connectivity index is 2.06. The van der Waals surface area contributed by atoms with Crippen molar-refractivity contribution in [2.24, 2.45) is 5.84 Å². The summed E-state index contributed by atoms with van der Waals surface area (Å²) in [4.78, 5) is 7.42. The summed E-state index contributed by atoms with van der Waals surface area (Å²) in [6, 6.07) is 0. The summed E-state index contributed by atoms with van der Waals surface area (Å²) in [5.74, 6) is 4.59. The minimum atomic E-state index is -0.592. The Kier molecular flexibility index (Phi) is 3.47. The number of aromatic nitrogens is 2. The minimum Gasteiger partial charge on any atom is -0.472 e. The lowest BCUT2D eigenvalue weighted by molar-refractivity contribution is 0.0220. The van der Waals surface area contributed by atoms with E-state index >= 15 is 0 Å². The lowest BCUT2D eigenvalue weighted by atomic mass is 10.2. The number of ether oxygens (including phenoxy) is 2. The van der Waals surface area contributed by atoms with Gasteiger partial charge in [-0.3, -0.25) is 5.43 Å². The van der Waals surface area contributed by atoms with Crippen molar-refractivity contribution in [1.29, 1.82) is 0 Å². The summed E-state index contributed by atoms with van der Waals surface area (Å²) in [6.07, 6.45) is 2.42.